The molecule has 0 heterocycles. The Hall–Kier alpha value is -3.84. The van der Waals surface area contributed by atoms with E-state index in [4.69, 9.17) is 14.2 Å². The van der Waals surface area contributed by atoms with Gasteiger partial charge in [0.25, 0.3) is 5.91 Å². The first-order valence-corrected chi connectivity index (χ1v) is 9.51. The van der Waals surface area contributed by atoms with Crippen LogP contribution in [0, 0.1) is 0 Å². The molecule has 0 unspecified atom stereocenters. The highest BCUT2D eigenvalue weighted by Crippen LogP contribution is 2.40. The molecule has 0 bridgehead atoms. The van der Waals surface area contributed by atoms with E-state index in [1.807, 2.05) is 0 Å². The summed E-state index contributed by atoms with van der Waals surface area (Å²) in [5, 5.41) is 15.8. The van der Waals surface area contributed by atoms with Crippen molar-refractivity contribution in [2.75, 3.05) is 21.3 Å². The molecule has 0 atom stereocenters. The zero-order valence-corrected chi connectivity index (χ0v) is 17.5. The van der Waals surface area contributed by atoms with Crippen LogP contribution < -0.4 is 19.6 Å². The van der Waals surface area contributed by atoms with Crippen LogP contribution in [-0.4, -0.2) is 38.6 Å². The van der Waals surface area contributed by atoms with Crippen LogP contribution in [0.5, 0.6) is 17.2 Å². The molecule has 31 heavy (non-hydrogen) atoms. The number of nitrogens with one attached hydrogen (secondary N) is 1. The minimum atomic E-state index is -2.11. The topological polar surface area (TPSA) is 89.4 Å². The number of amides is 1. The number of nitrogens with zero attached hydrogens (tertiary/aromatic N) is 1. The maximum atomic E-state index is 13.3. The van der Waals surface area contributed by atoms with E-state index in [0.29, 0.717) is 17.2 Å². The second-order valence-corrected chi connectivity index (χ2v) is 6.58. The van der Waals surface area contributed by atoms with Crippen LogP contribution in [0.15, 0.2) is 77.9 Å². The van der Waals surface area contributed by atoms with Crippen molar-refractivity contribution in [2.45, 2.75) is 5.60 Å². The van der Waals surface area contributed by atoms with Crippen molar-refractivity contribution in [3.8, 4) is 17.2 Å². The molecular formula is C24H24N2O5. The van der Waals surface area contributed by atoms with E-state index in [-0.39, 0.29) is 11.1 Å². The zero-order chi connectivity index (χ0) is 22.3. The second kappa shape index (κ2) is 9.77. The predicted octanol–water partition coefficient (Wildman–Crippen LogP) is 3.10. The first kappa shape index (κ1) is 21.9. The first-order valence-electron chi connectivity index (χ1n) is 9.51. The van der Waals surface area contributed by atoms with Gasteiger partial charge in [-0.1, -0.05) is 36.4 Å². The number of methoxy groups -OCH3 is 3. The summed E-state index contributed by atoms with van der Waals surface area (Å²) >= 11 is 0. The zero-order valence-electron chi connectivity index (χ0n) is 17.5. The van der Waals surface area contributed by atoms with Gasteiger partial charge in [0.15, 0.2) is 0 Å². The van der Waals surface area contributed by atoms with Crippen LogP contribution in [0.2, 0.25) is 0 Å². The highest BCUT2D eigenvalue weighted by atomic mass is 16.5. The quantitative estimate of drug-likeness (QED) is 0.432. The number of aliphatic hydroxyl groups is 1. The summed E-state index contributed by atoms with van der Waals surface area (Å²) in [6, 6.07) is 20.7. The number of hydrogen-bond donors (Lipinski definition) is 2. The van der Waals surface area contributed by atoms with Crippen molar-refractivity contribution in [3.05, 3.63) is 89.5 Å². The molecule has 7 heteroatoms. The van der Waals surface area contributed by atoms with Crippen molar-refractivity contribution in [3.63, 3.8) is 0 Å². The van der Waals surface area contributed by atoms with Gasteiger partial charge in [0.2, 0.25) is 5.60 Å². The maximum Gasteiger partial charge on any atom is 0.281 e. The smallest absolute Gasteiger partial charge is 0.281 e. The van der Waals surface area contributed by atoms with Gasteiger partial charge in [-0.05, 0) is 42.0 Å². The molecule has 0 aliphatic rings. The van der Waals surface area contributed by atoms with Crippen LogP contribution in [0.3, 0.4) is 0 Å². The highest BCUT2D eigenvalue weighted by Gasteiger charge is 2.44. The molecule has 3 rings (SSSR count). The Morgan fingerprint density at radius 3 is 1.84 bits per heavy atom. The number of benzene rings is 3. The lowest BCUT2D eigenvalue weighted by molar-refractivity contribution is -0.136. The number of ether oxygens (including phenoxy) is 3. The fourth-order valence-electron chi connectivity index (χ4n) is 3.21. The number of hydrazone groups is 1. The normalized spacial score (nSPS) is 11.2. The average molecular weight is 420 g/mol. The molecule has 2 N–H and O–H groups in total. The van der Waals surface area contributed by atoms with Gasteiger partial charge in [0.1, 0.15) is 17.2 Å². The Labute approximate surface area is 180 Å². The predicted molar refractivity (Wildman–Crippen MR) is 118 cm³/mol. The van der Waals surface area contributed by atoms with Gasteiger partial charge >= 0.3 is 0 Å². The van der Waals surface area contributed by atoms with Crippen molar-refractivity contribution < 1.29 is 24.1 Å². The van der Waals surface area contributed by atoms with Gasteiger partial charge in [-0.15, -0.1) is 0 Å². The van der Waals surface area contributed by atoms with E-state index in [1.165, 1.54) is 20.4 Å². The first-order chi connectivity index (χ1) is 15.0. The molecule has 0 aliphatic heterocycles. The van der Waals surface area contributed by atoms with Crippen LogP contribution in [0.1, 0.15) is 16.7 Å². The minimum Gasteiger partial charge on any atom is -0.497 e. The van der Waals surface area contributed by atoms with Crippen molar-refractivity contribution in [1.82, 2.24) is 5.43 Å². The van der Waals surface area contributed by atoms with Crippen molar-refractivity contribution in [2.24, 2.45) is 5.10 Å². The van der Waals surface area contributed by atoms with E-state index in [2.05, 4.69) is 10.5 Å². The molecule has 0 spiro atoms. The molecule has 3 aromatic rings. The number of carbonyl (C=O) groups excluding carboxylic acids is 1. The van der Waals surface area contributed by atoms with Crippen LogP contribution >= 0.6 is 0 Å². The van der Waals surface area contributed by atoms with E-state index >= 15 is 0 Å². The van der Waals surface area contributed by atoms with E-state index in [0.717, 1.165) is 5.56 Å². The SMILES string of the molecule is COc1ccc(C=NNC(=O)C(O)(c2ccccc2OC)c2ccccc2OC)cc1. The summed E-state index contributed by atoms with van der Waals surface area (Å²) in [6.45, 7) is 0. The largest absolute Gasteiger partial charge is 0.497 e. The maximum absolute atomic E-state index is 13.3. The summed E-state index contributed by atoms with van der Waals surface area (Å²) in [5.74, 6) is 0.657. The molecule has 1 amide bonds. The average Bonchev–Trinajstić information content (AvgIpc) is 2.83. The molecule has 0 aliphatic carbocycles. The second-order valence-electron chi connectivity index (χ2n) is 6.58. The number of hydrogen-bond acceptors (Lipinski definition) is 6. The van der Waals surface area contributed by atoms with Crippen molar-refractivity contribution >= 4 is 12.1 Å². The molecule has 0 fully saturated rings. The Bertz CT molecular complexity index is 1020. The van der Waals surface area contributed by atoms with Crippen molar-refractivity contribution in [1.29, 1.82) is 0 Å². The Morgan fingerprint density at radius 2 is 1.35 bits per heavy atom. The Kier molecular flexibility index (Phi) is 6.89. The van der Waals surface area contributed by atoms with Crippen LogP contribution in [-0.2, 0) is 10.4 Å². The molecule has 0 saturated heterocycles. The summed E-state index contributed by atoms with van der Waals surface area (Å²) in [6.07, 6.45) is 1.47. The molecule has 0 aromatic heterocycles. The Balaban J connectivity index is 1.99. The fraction of sp³-hybridized carbons (Fsp3) is 0.167. The third-order valence-corrected chi connectivity index (χ3v) is 4.82. The van der Waals surface area contributed by atoms with Crippen LogP contribution in [0.4, 0.5) is 0 Å². The molecule has 0 saturated carbocycles. The molecule has 7 nitrogen and oxygen atoms in total. The summed E-state index contributed by atoms with van der Waals surface area (Å²) < 4.78 is 15.9. The molecule has 3 aromatic carbocycles. The lowest BCUT2D eigenvalue weighted by Crippen LogP contribution is -2.44. The highest BCUT2D eigenvalue weighted by molar-refractivity contribution is 5.92. The number of rotatable bonds is 8. The standard InChI is InChI=1S/C24H24N2O5/c1-29-18-14-12-17(13-15-18)16-25-26-23(27)24(28,19-8-4-6-10-21(19)30-2)20-9-5-7-11-22(20)31-3/h4-16,28H,1-3H3,(H,26,27). The third kappa shape index (κ3) is 4.51. The molecule has 0 radical (unpaired) electrons. The third-order valence-electron chi connectivity index (χ3n) is 4.82. The van der Waals surface area contributed by atoms with E-state index in [9.17, 15) is 9.90 Å². The van der Waals surface area contributed by atoms with E-state index in [1.54, 1.807) is 79.9 Å². The summed E-state index contributed by atoms with van der Waals surface area (Å²) in [5.41, 5.74) is 1.60. The lowest BCUT2D eigenvalue weighted by Gasteiger charge is -2.29. The summed E-state index contributed by atoms with van der Waals surface area (Å²) in [7, 11) is 4.53. The monoisotopic (exact) mass is 420 g/mol. The summed E-state index contributed by atoms with van der Waals surface area (Å²) in [4.78, 5) is 13.3. The van der Waals surface area contributed by atoms with Gasteiger partial charge in [0, 0.05) is 11.1 Å². The molecular weight excluding hydrogens is 396 g/mol. The molecule has 160 valence electrons. The number of para-hydroxylation sites is 2. The van der Waals surface area contributed by atoms with Gasteiger partial charge in [-0.3, -0.25) is 4.79 Å². The van der Waals surface area contributed by atoms with Gasteiger partial charge < -0.3 is 19.3 Å². The minimum absolute atomic E-state index is 0.263. The van der Waals surface area contributed by atoms with Crippen LogP contribution in [0.25, 0.3) is 0 Å². The Morgan fingerprint density at radius 1 is 0.839 bits per heavy atom. The number of carbonyl (C=O) groups is 1. The lowest BCUT2D eigenvalue weighted by atomic mass is 9.84. The van der Waals surface area contributed by atoms with Gasteiger partial charge in [-0.25, -0.2) is 5.43 Å². The fourth-order valence-corrected chi connectivity index (χ4v) is 3.21. The van der Waals surface area contributed by atoms with Gasteiger partial charge in [-0.2, -0.15) is 5.10 Å². The van der Waals surface area contributed by atoms with Gasteiger partial charge in [0.05, 0.1) is 27.5 Å². The van der Waals surface area contributed by atoms with E-state index < -0.39 is 11.5 Å².